The molecule has 1 amide bonds. The molecule has 0 unspecified atom stereocenters. The molecule has 3 rings (SSSR count). The number of hydrogen-bond donors (Lipinski definition) is 1. The van der Waals surface area contributed by atoms with Crippen molar-refractivity contribution in [3.63, 3.8) is 0 Å². The van der Waals surface area contributed by atoms with Gasteiger partial charge in [-0.3, -0.25) is 9.78 Å². The van der Waals surface area contributed by atoms with Gasteiger partial charge in [-0.25, -0.2) is 4.79 Å². The highest BCUT2D eigenvalue weighted by Gasteiger charge is 2.18. The molecule has 1 N–H and O–H groups in total. The van der Waals surface area contributed by atoms with Crippen LogP contribution in [-0.4, -0.2) is 23.5 Å². The predicted octanol–water partition coefficient (Wildman–Crippen LogP) is 3.52. The molecule has 0 bridgehead atoms. The predicted molar refractivity (Wildman–Crippen MR) is 101 cm³/mol. The number of aromatic nitrogens is 1. The summed E-state index contributed by atoms with van der Waals surface area (Å²) in [6, 6.07) is 16.0. The molecule has 6 nitrogen and oxygen atoms in total. The van der Waals surface area contributed by atoms with Gasteiger partial charge in [0.05, 0.1) is 28.4 Å². The van der Waals surface area contributed by atoms with Crippen molar-refractivity contribution in [2.75, 3.05) is 11.9 Å². The Labute approximate surface area is 156 Å². The Morgan fingerprint density at radius 2 is 1.93 bits per heavy atom. The fraction of sp³-hybridized carbons (Fsp3) is 0.143. The van der Waals surface area contributed by atoms with Crippen molar-refractivity contribution in [2.45, 2.75) is 13.8 Å². The van der Waals surface area contributed by atoms with Crippen LogP contribution in [0.25, 0.3) is 10.9 Å². The van der Waals surface area contributed by atoms with Crippen LogP contribution in [0.5, 0.6) is 0 Å². The first-order valence-corrected chi connectivity index (χ1v) is 8.32. The van der Waals surface area contributed by atoms with E-state index in [4.69, 9.17) is 10.00 Å². The number of ether oxygens (including phenoxy) is 1. The Morgan fingerprint density at radius 3 is 2.70 bits per heavy atom. The molecule has 6 heteroatoms. The van der Waals surface area contributed by atoms with Gasteiger partial charge in [0.1, 0.15) is 0 Å². The number of pyridine rings is 1. The molecule has 3 aromatic rings. The van der Waals surface area contributed by atoms with Gasteiger partial charge in [-0.1, -0.05) is 24.3 Å². The zero-order valence-electron chi connectivity index (χ0n) is 14.9. The number of carbonyl (C=O) groups excluding carboxylic acids is 2. The molecule has 0 aliphatic carbocycles. The molecule has 0 saturated carbocycles. The van der Waals surface area contributed by atoms with Gasteiger partial charge in [0.2, 0.25) is 0 Å². The minimum Gasteiger partial charge on any atom is -0.452 e. The number of hydrogen-bond acceptors (Lipinski definition) is 5. The van der Waals surface area contributed by atoms with Crippen molar-refractivity contribution in [3.8, 4) is 6.07 Å². The normalized spacial score (nSPS) is 10.3. The van der Waals surface area contributed by atoms with Crippen LogP contribution in [0.3, 0.4) is 0 Å². The third kappa shape index (κ3) is 3.93. The number of nitrogens with zero attached hydrogens (tertiary/aromatic N) is 2. The summed E-state index contributed by atoms with van der Waals surface area (Å²) < 4.78 is 5.17. The Hall–Kier alpha value is -3.72. The molecule has 2 aromatic carbocycles. The molecule has 0 spiro atoms. The van der Waals surface area contributed by atoms with Gasteiger partial charge < -0.3 is 10.1 Å². The number of fused-ring (bicyclic) bond motifs is 1. The molecule has 0 saturated heterocycles. The molecule has 1 heterocycles. The average molecular weight is 359 g/mol. The molecule has 0 aliphatic heterocycles. The number of aryl methyl sites for hydroxylation is 2. The van der Waals surface area contributed by atoms with Crippen LogP contribution in [0.4, 0.5) is 5.69 Å². The summed E-state index contributed by atoms with van der Waals surface area (Å²) in [7, 11) is 0. The topological polar surface area (TPSA) is 92.1 Å². The van der Waals surface area contributed by atoms with Gasteiger partial charge in [0.25, 0.3) is 5.91 Å². The highest BCUT2D eigenvalue weighted by molar-refractivity contribution is 6.00. The van der Waals surface area contributed by atoms with Crippen LogP contribution >= 0.6 is 0 Å². The van der Waals surface area contributed by atoms with Gasteiger partial charge in [-0.2, -0.15) is 5.26 Å². The highest BCUT2D eigenvalue weighted by atomic mass is 16.5. The molecule has 1 aromatic heterocycles. The van der Waals surface area contributed by atoms with E-state index < -0.39 is 18.5 Å². The summed E-state index contributed by atoms with van der Waals surface area (Å²) in [5.41, 5.74) is 3.39. The number of nitrogens with one attached hydrogen (secondary N) is 1. The van der Waals surface area contributed by atoms with Crippen molar-refractivity contribution in [3.05, 3.63) is 70.9 Å². The van der Waals surface area contributed by atoms with Gasteiger partial charge in [-0.05, 0) is 43.7 Å². The standard InChI is InChI=1S/C21H17N3O3/c1-13-17-8-3-4-9-18(17)23-14(2)20(13)21(26)27-12-19(25)24-16-7-5-6-15(10-16)11-22/h3-10H,12H2,1-2H3,(H,24,25). The number of carbonyl (C=O) groups is 2. The monoisotopic (exact) mass is 359 g/mol. The first-order valence-electron chi connectivity index (χ1n) is 8.32. The molecule has 0 fully saturated rings. The molecule has 134 valence electrons. The second kappa shape index (κ2) is 7.67. The van der Waals surface area contributed by atoms with Crippen molar-refractivity contribution < 1.29 is 14.3 Å². The Kier molecular flexibility index (Phi) is 5.13. The maximum absolute atomic E-state index is 12.5. The van der Waals surface area contributed by atoms with Gasteiger partial charge in [-0.15, -0.1) is 0 Å². The largest absolute Gasteiger partial charge is 0.452 e. The third-order valence-corrected chi connectivity index (χ3v) is 4.15. The maximum Gasteiger partial charge on any atom is 0.340 e. The number of esters is 1. The van der Waals surface area contributed by atoms with Crippen molar-refractivity contribution in [2.24, 2.45) is 0 Å². The number of nitriles is 1. The number of para-hydroxylation sites is 1. The molecule has 27 heavy (non-hydrogen) atoms. The van der Waals surface area contributed by atoms with Gasteiger partial charge >= 0.3 is 5.97 Å². The van der Waals surface area contributed by atoms with Crippen LogP contribution in [0, 0.1) is 25.2 Å². The quantitative estimate of drug-likeness (QED) is 0.720. The summed E-state index contributed by atoms with van der Waals surface area (Å²) >= 11 is 0. The van der Waals surface area contributed by atoms with E-state index in [1.807, 2.05) is 37.3 Å². The lowest BCUT2D eigenvalue weighted by molar-refractivity contribution is -0.119. The number of anilines is 1. The molecular weight excluding hydrogens is 342 g/mol. The summed E-state index contributed by atoms with van der Waals surface area (Å²) in [6.07, 6.45) is 0. The molecule has 0 atom stereocenters. The molecule has 0 aliphatic rings. The summed E-state index contributed by atoms with van der Waals surface area (Å²) in [5.74, 6) is -1.08. The van der Waals surface area contributed by atoms with Crippen molar-refractivity contribution >= 4 is 28.5 Å². The van der Waals surface area contributed by atoms with E-state index in [0.717, 1.165) is 16.5 Å². The van der Waals surface area contributed by atoms with Crippen LogP contribution in [0.15, 0.2) is 48.5 Å². The van der Waals surface area contributed by atoms with Crippen LogP contribution < -0.4 is 5.32 Å². The highest BCUT2D eigenvalue weighted by Crippen LogP contribution is 2.23. The van der Waals surface area contributed by atoms with Gasteiger partial charge in [0, 0.05) is 11.1 Å². The Bertz CT molecular complexity index is 1080. The van der Waals surface area contributed by atoms with Crippen LogP contribution in [0.1, 0.15) is 27.2 Å². The van der Waals surface area contributed by atoms with E-state index in [2.05, 4.69) is 10.3 Å². The smallest absolute Gasteiger partial charge is 0.340 e. The van der Waals surface area contributed by atoms with Crippen molar-refractivity contribution in [1.29, 1.82) is 5.26 Å². The van der Waals surface area contributed by atoms with Gasteiger partial charge in [0.15, 0.2) is 6.61 Å². The second-order valence-corrected chi connectivity index (χ2v) is 6.03. The zero-order valence-corrected chi connectivity index (χ0v) is 14.9. The fourth-order valence-corrected chi connectivity index (χ4v) is 2.90. The van der Waals surface area contributed by atoms with E-state index in [1.165, 1.54) is 0 Å². The second-order valence-electron chi connectivity index (χ2n) is 6.03. The minimum absolute atomic E-state index is 0.368. The number of benzene rings is 2. The minimum atomic E-state index is -0.593. The van der Waals surface area contributed by atoms with Crippen LogP contribution in [0.2, 0.25) is 0 Å². The molecular formula is C21H17N3O3. The summed E-state index contributed by atoms with van der Waals surface area (Å²) in [4.78, 5) is 29.0. The lowest BCUT2D eigenvalue weighted by Gasteiger charge is -2.12. The SMILES string of the molecule is Cc1nc2ccccc2c(C)c1C(=O)OCC(=O)Nc1cccc(C#N)c1. The summed E-state index contributed by atoms with van der Waals surface area (Å²) in [5, 5.41) is 12.4. The average Bonchev–Trinajstić information content (AvgIpc) is 2.66. The molecule has 0 radical (unpaired) electrons. The lowest BCUT2D eigenvalue weighted by atomic mass is 10.0. The Morgan fingerprint density at radius 1 is 1.15 bits per heavy atom. The third-order valence-electron chi connectivity index (χ3n) is 4.15. The van der Waals surface area contributed by atoms with E-state index in [-0.39, 0.29) is 0 Å². The first kappa shape index (κ1) is 18.1. The number of rotatable bonds is 4. The fourth-order valence-electron chi connectivity index (χ4n) is 2.90. The zero-order chi connectivity index (χ0) is 19.4. The van der Waals surface area contributed by atoms with E-state index in [0.29, 0.717) is 22.5 Å². The van der Waals surface area contributed by atoms with Crippen molar-refractivity contribution in [1.82, 2.24) is 4.98 Å². The van der Waals surface area contributed by atoms with Crippen LogP contribution in [-0.2, 0) is 9.53 Å². The maximum atomic E-state index is 12.5. The summed E-state index contributed by atoms with van der Waals surface area (Å²) in [6.45, 7) is 3.14. The van der Waals surface area contributed by atoms with E-state index >= 15 is 0 Å². The first-order chi connectivity index (χ1) is 13.0. The Balaban J connectivity index is 1.71. The number of amides is 1. The van der Waals surface area contributed by atoms with E-state index in [9.17, 15) is 9.59 Å². The van der Waals surface area contributed by atoms with E-state index in [1.54, 1.807) is 31.2 Å². The lowest BCUT2D eigenvalue weighted by Crippen LogP contribution is -2.22.